The highest BCUT2D eigenvalue weighted by Crippen LogP contribution is 2.36. The molecule has 0 spiro atoms. The molecule has 2 aromatic heterocycles. The van der Waals surface area contributed by atoms with Gasteiger partial charge in [0.1, 0.15) is 17.2 Å². The van der Waals surface area contributed by atoms with Gasteiger partial charge in [0.15, 0.2) is 11.5 Å². The van der Waals surface area contributed by atoms with Crippen molar-refractivity contribution < 1.29 is 23.4 Å². The minimum atomic E-state index is -0.384. The van der Waals surface area contributed by atoms with Crippen LogP contribution in [0.1, 0.15) is 24.1 Å². The van der Waals surface area contributed by atoms with Crippen LogP contribution in [0.2, 0.25) is 0 Å². The van der Waals surface area contributed by atoms with Crippen LogP contribution in [-0.2, 0) is 4.79 Å². The molecule has 0 aliphatic rings. The quantitative estimate of drug-likeness (QED) is 0.339. The molecule has 0 unspecified atom stereocenters. The maximum Gasteiger partial charge on any atom is 0.244 e. The summed E-state index contributed by atoms with van der Waals surface area (Å²) >= 11 is 0. The normalized spacial score (nSPS) is 12.0. The van der Waals surface area contributed by atoms with E-state index in [0.29, 0.717) is 22.9 Å². The summed E-state index contributed by atoms with van der Waals surface area (Å²) in [6, 6.07) is 11.5. The number of benzene rings is 2. The summed E-state index contributed by atoms with van der Waals surface area (Å²) in [6.07, 6.45) is 6.63. The SMILES string of the molecule is COc1ccc([C@@H](C)NC(=O)/C=C/c2c[nH]c3nccc(-c4ccc(F)cc4OC)c23)cc1OC. The maximum absolute atomic E-state index is 13.7. The summed E-state index contributed by atoms with van der Waals surface area (Å²) in [7, 11) is 4.64. The van der Waals surface area contributed by atoms with Crippen molar-refractivity contribution in [3.63, 3.8) is 0 Å². The van der Waals surface area contributed by atoms with Gasteiger partial charge in [-0.3, -0.25) is 4.79 Å². The van der Waals surface area contributed by atoms with Crippen molar-refractivity contribution in [2.45, 2.75) is 13.0 Å². The molecular formula is C27H26FN3O4. The standard InChI is InChI=1S/C27H26FN3O4/c1-16(17-5-9-22(33-2)24(13-17)35-4)31-25(32)10-6-18-15-30-27-26(18)21(11-12-29-27)20-8-7-19(28)14-23(20)34-3/h5-16H,1-4H3,(H,29,30)(H,31,32)/b10-6+/t16-/m1/s1. The van der Waals surface area contributed by atoms with Crippen LogP contribution in [0.15, 0.2) is 60.9 Å². The van der Waals surface area contributed by atoms with Gasteiger partial charge in [-0.05, 0) is 54.5 Å². The number of hydrogen-bond acceptors (Lipinski definition) is 5. The fourth-order valence-corrected chi connectivity index (χ4v) is 3.96. The number of carbonyl (C=O) groups excluding carboxylic acids is 1. The molecule has 0 radical (unpaired) electrons. The highest BCUT2D eigenvalue weighted by molar-refractivity contribution is 6.02. The molecule has 1 amide bonds. The molecule has 0 aliphatic carbocycles. The molecule has 0 bridgehead atoms. The first-order valence-electron chi connectivity index (χ1n) is 11.0. The van der Waals surface area contributed by atoms with Crippen LogP contribution < -0.4 is 19.5 Å². The van der Waals surface area contributed by atoms with Crippen molar-refractivity contribution in [1.82, 2.24) is 15.3 Å². The minimum Gasteiger partial charge on any atom is -0.496 e. The van der Waals surface area contributed by atoms with Gasteiger partial charge in [-0.15, -0.1) is 0 Å². The molecular weight excluding hydrogens is 449 g/mol. The Morgan fingerprint density at radius 2 is 1.77 bits per heavy atom. The lowest BCUT2D eigenvalue weighted by Gasteiger charge is -2.15. The van der Waals surface area contributed by atoms with E-state index in [2.05, 4.69) is 15.3 Å². The summed E-state index contributed by atoms with van der Waals surface area (Å²) in [6.45, 7) is 1.89. The number of ether oxygens (including phenoxy) is 3. The number of nitrogens with zero attached hydrogens (tertiary/aromatic N) is 1. The number of amides is 1. The summed E-state index contributed by atoms with van der Waals surface area (Å²) in [5.41, 5.74) is 3.83. The van der Waals surface area contributed by atoms with E-state index in [9.17, 15) is 9.18 Å². The first-order valence-corrected chi connectivity index (χ1v) is 11.0. The molecule has 0 fully saturated rings. The summed E-state index contributed by atoms with van der Waals surface area (Å²) in [4.78, 5) is 20.2. The van der Waals surface area contributed by atoms with Crippen LogP contribution >= 0.6 is 0 Å². The van der Waals surface area contributed by atoms with Gasteiger partial charge in [-0.25, -0.2) is 9.37 Å². The molecule has 0 aliphatic heterocycles. The highest BCUT2D eigenvalue weighted by atomic mass is 19.1. The number of nitrogens with one attached hydrogen (secondary N) is 2. The van der Waals surface area contributed by atoms with E-state index in [1.807, 2.05) is 25.1 Å². The van der Waals surface area contributed by atoms with E-state index < -0.39 is 0 Å². The third-order valence-corrected chi connectivity index (χ3v) is 5.74. The van der Waals surface area contributed by atoms with Crippen LogP contribution in [0.4, 0.5) is 4.39 Å². The second kappa shape index (κ2) is 10.3. The zero-order valence-corrected chi connectivity index (χ0v) is 19.9. The van der Waals surface area contributed by atoms with Crippen molar-refractivity contribution in [3.8, 4) is 28.4 Å². The van der Waals surface area contributed by atoms with Gasteiger partial charge in [0.25, 0.3) is 0 Å². The van der Waals surface area contributed by atoms with Gasteiger partial charge in [-0.2, -0.15) is 0 Å². The third-order valence-electron chi connectivity index (χ3n) is 5.74. The van der Waals surface area contributed by atoms with Crippen LogP contribution in [0.3, 0.4) is 0 Å². The van der Waals surface area contributed by atoms with Gasteiger partial charge in [0.05, 0.1) is 27.4 Å². The lowest BCUT2D eigenvalue weighted by Crippen LogP contribution is -2.24. The van der Waals surface area contributed by atoms with E-state index in [1.54, 1.807) is 44.8 Å². The number of fused-ring (bicyclic) bond motifs is 1. The Morgan fingerprint density at radius 3 is 2.51 bits per heavy atom. The Kier molecular flexibility index (Phi) is 7.01. The van der Waals surface area contributed by atoms with Gasteiger partial charge in [0.2, 0.25) is 5.91 Å². The molecule has 1 atom stereocenters. The van der Waals surface area contributed by atoms with E-state index >= 15 is 0 Å². The van der Waals surface area contributed by atoms with Crippen molar-refractivity contribution in [2.75, 3.05) is 21.3 Å². The van der Waals surface area contributed by atoms with E-state index in [4.69, 9.17) is 14.2 Å². The van der Waals surface area contributed by atoms with E-state index in [1.165, 1.54) is 25.3 Å². The lowest BCUT2D eigenvalue weighted by molar-refractivity contribution is -0.117. The van der Waals surface area contributed by atoms with Crippen molar-refractivity contribution in [1.29, 1.82) is 0 Å². The van der Waals surface area contributed by atoms with Crippen LogP contribution in [0.5, 0.6) is 17.2 Å². The van der Waals surface area contributed by atoms with E-state index in [-0.39, 0.29) is 17.8 Å². The Labute approximate surface area is 202 Å². The lowest BCUT2D eigenvalue weighted by atomic mass is 10.00. The molecule has 7 nitrogen and oxygen atoms in total. The number of hydrogen-bond donors (Lipinski definition) is 2. The molecule has 35 heavy (non-hydrogen) atoms. The Balaban J connectivity index is 1.59. The largest absolute Gasteiger partial charge is 0.496 e. The Morgan fingerprint density at radius 1 is 1.00 bits per heavy atom. The fourth-order valence-electron chi connectivity index (χ4n) is 3.96. The Bertz CT molecular complexity index is 1400. The second-order valence-electron chi connectivity index (χ2n) is 7.85. The van der Waals surface area contributed by atoms with Crippen LogP contribution in [-0.4, -0.2) is 37.2 Å². The molecule has 180 valence electrons. The van der Waals surface area contributed by atoms with Gasteiger partial charge in [0, 0.05) is 41.0 Å². The number of aromatic nitrogens is 2. The second-order valence-corrected chi connectivity index (χ2v) is 7.85. The number of halogens is 1. The Hall–Kier alpha value is -4.33. The van der Waals surface area contributed by atoms with Gasteiger partial charge in [-0.1, -0.05) is 6.07 Å². The van der Waals surface area contributed by atoms with Crippen LogP contribution in [0.25, 0.3) is 28.2 Å². The first kappa shape index (κ1) is 23.8. The van der Waals surface area contributed by atoms with Crippen molar-refractivity contribution >= 4 is 23.0 Å². The zero-order chi connectivity index (χ0) is 24.9. The molecule has 4 rings (SSSR count). The predicted octanol–water partition coefficient (Wildman–Crippen LogP) is 5.29. The molecule has 4 aromatic rings. The highest BCUT2D eigenvalue weighted by Gasteiger charge is 2.15. The molecule has 2 aromatic carbocycles. The number of H-pyrrole nitrogens is 1. The molecule has 0 saturated heterocycles. The van der Waals surface area contributed by atoms with Gasteiger partial charge >= 0.3 is 0 Å². The summed E-state index contributed by atoms with van der Waals surface area (Å²) < 4.78 is 29.7. The summed E-state index contributed by atoms with van der Waals surface area (Å²) in [5, 5.41) is 3.76. The smallest absolute Gasteiger partial charge is 0.244 e. The molecule has 8 heteroatoms. The monoisotopic (exact) mass is 475 g/mol. The predicted molar refractivity (Wildman–Crippen MR) is 133 cm³/mol. The van der Waals surface area contributed by atoms with Gasteiger partial charge < -0.3 is 24.5 Å². The maximum atomic E-state index is 13.7. The fraction of sp³-hybridized carbons (Fsp3) is 0.185. The number of rotatable bonds is 8. The molecule has 2 heterocycles. The van der Waals surface area contributed by atoms with Crippen molar-refractivity contribution in [3.05, 3.63) is 77.9 Å². The summed E-state index contributed by atoms with van der Waals surface area (Å²) in [5.74, 6) is 0.986. The number of methoxy groups -OCH3 is 3. The average molecular weight is 476 g/mol. The molecule has 2 N–H and O–H groups in total. The third kappa shape index (κ3) is 4.96. The van der Waals surface area contributed by atoms with Crippen LogP contribution in [0, 0.1) is 5.82 Å². The minimum absolute atomic E-state index is 0.254. The van der Waals surface area contributed by atoms with E-state index in [0.717, 1.165) is 27.6 Å². The number of pyridine rings is 1. The first-order chi connectivity index (χ1) is 16.9. The molecule has 0 saturated carbocycles. The number of carbonyl (C=O) groups is 1. The number of aromatic amines is 1. The average Bonchev–Trinajstić information content (AvgIpc) is 3.30. The topological polar surface area (TPSA) is 85.5 Å². The zero-order valence-electron chi connectivity index (χ0n) is 19.9. The van der Waals surface area contributed by atoms with Crippen molar-refractivity contribution in [2.24, 2.45) is 0 Å².